The molecule has 1 aromatic carbocycles. The number of amides is 2. The Labute approximate surface area is 134 Å². The van der Waals surface area contributed by atoms with Crippen LogP contribution in [0, 0.1) is 5.82 Å². The van der Waals surface area contributed by atoms with Crippen molar-refractivity contribution in [1.82, 2.24) is 4.90 Å². The summed E-state index contributed by atoms with van der Waals surface area (Å²) in [5.41, 5.74) is 1.01. The summed E-state index contributed by atoms with van der Waals surface area (Å²) >= 11 is 0. The van der Waals surface area contributed by atoms with E-state index in [1.165, 1.54) is 22.8 Å². The smallest absolute Gasteiger partial charge is 0.416 e. The fraction of sp³-hybridized carbons (Fsp3) is 0.500. The van der Waals surface area contributed by atoms with Gasteiger partial charge in [-0.15, -0.1) is 0 Å². The number of anilines is 2. The van der Waals surface area contributed by atoms with Gasteiger partial charge in [-0.2, -0.15) is 0 Å². The van der Waals surface area contributed by atoms with Crippen molar-refractivity contribution in [2.45, 2.75) is 26.0 Å². The van der Waals surface area contributed by atoms with Gasteiger partial charge in [0.15, 0.2) is 6.23 Å². The monoisotopic (exact) mass is 321 g/mol. The maximum absolute atomic E-state index is 14.4. The number of hydrogen-bond acceptors (Lipinski definition) is 4. The van der Waals surface area contributed by atoms with E-state index in [-0.39, 0.29) is 18.3 Å². The van der Waals surface area contributed by atoms with Crippen molar-refractivity contribution in [3.05, 3.63) is 24.0 Å². The van der Waals surface area contributed by atoms with E-state index in [2.05, 4.69) is 0 Å². The second-order valence-corrected chi connectivity index (χ2v) is 5.91. The van der Waals surface area contributed by atoms with E-state index in [0.29, 0.717) is 11.4 Å². The molecule has 0 N–H and O–H groups in total. The van der Waals surface area contributed by atoms with Crippen LogP contribution in [0.25, 0.3) is 0 Å². The summed E-state index contributed by atoms with van der Waals surface area (Å²) in [7, 11) is 1.57. The van der Waals surface area contributed by atoms with Gasteiger partial charge in [0.2, 0.25) is 5.91 Å². The van der Waals surface area contributed by atoms with Crippen LogP contribution in [0.4, 0.5) is 20.6 Å². The predicted molar refractivity (Wildman–Crippen MR) is 83.9 cm³/mol. The van der Waals surface area contributed by atoms with Crippen molar-refractivity contribution in [2.24, 2.45) is 0 Å². The second kappa shape index (κ2) is 6.06. The number of carbonyl (C=O) groups excluding carboxylic acids is 2. The number of carbonyl (C=O) groups is 2. The van der Waals surface area contributed by atoms with Crippen LogP contribution < -0.4 is 9.80 Å². The zero-order valence-corrected chi connectivity index (χ0v) is 13.3. The van der Waals surface area contributed by atoms with E-state index >= 15 is 0 Å². The Kier molecular flexibility index (Phi) is 4.11. The minimum absolute atomic E-state index is 0.192. The fourth-order valence-electron chi connectivity index (χ4n) is 2.94. The van der Waals surface area contributed by atoms with Crippen molar-refractivity contribution < 1.29 is 18.7 Å². The lowest BCUT2D eigenvalue weighted by molar-refractivity contribution is -0.134. The first kappa shape index (κ1) is 15.6. The lowest BCUT2D eigenvalue weighted by Crippen LogP contribution is -2.38. The molecule has 0 aliphatic carbocycles. The average Bonchev–Trinajstić information content (AvgIpc) is 3.15. The number of likely N-dealkylation sites (N-methyl/N-ethyl adjacent to an activating group) is 1. The summed E-state index contributed by atoms with van der Waals surface area (Å²) in [5, 5.41) is 0. The van der Waals surface area contributed by atoms with Crippen LogP contribution in [-0.2, 0) is 9.53 Å². The van der Waals surface area contributed by atoms with E-state index in [0.717, 1.165) is 25.9 Å². The quantitative estimate of drug-likeness (QED) is 0.856. The van der Waals surface area contributed by atoms with E-state index < -0.39 is 12.3 Å². The molecular formula is C16H20FN3O3. The molecule has 6 nitrogen and oxygen atoms in total. The van der Waals surface area contributed by atoms with Gasteiger partial charge in [0.25, 0.3) is 0 Å². The Bertz CT molecular complexity index is 631. The highest BCUT2D eigenvalue weighted by Gasteiger charge is 2.36. The predicted octanol–water partition coefficient (Wildman–Crippen LogP) is 2.19. The largest absolute Gasteiger partial charge is 0.423 e. The van der Waals surface area contributed by atoms with Gasteiger partial charge in [-0.3, -0.25) is 9.69 Å². The van der Waals surface area contributed by atoms with Crippen molar-refractivity contribution in [2.75, 3.05) is 36.5 Å². The van der Waals surface area contributed by atoms with E-state index in [4.69, 9.17) is 4.74 Å². The molecule has 0 unspecified atom stereocenters. The van der Waals surface area contributed by atoms with Crippen LogP contribution in [0.2, 0.25) is 0 Å². The van der Waals surface area contributed by atoms with Gasteiger partial charge in [0.05, 0.1) is 17.9 Å². The zero-order valence-electron chi connectivity index (χ0n) is 13.3. The molecule has 0 spiro atoms. The summed E-state index contributed by atoms with van der Waals surface area (Å²) in [6.07, 6.45) is 0.912. The van der Waals surface area contributed by atoms with Crippen LogP contribution in [0.3, 0.4) is 0 Å². The Balaban J connectivity index is 1.78. The highest BCUT2D eigenvalue weighted by atomic mass is 19.1. The molecule has 3 rings (SSSR count). The van der Waals surface area contributed by atoms with E-state index in [1.807, 2.05) is 4.90 Å². The topological polar surface area (TPSA) is 53.1 Å². The molecule has 7 heteroatoms. The lowest BCUT2D eigenvalue weighted by Gasteiger charge is -2.21. The highest BCUT2D eigenvalue weighted by Crippen LogP contribution is 2.29. The first-order valence-corrected chi connectivity index (χ1v) is 7.73. The van der Waals surface area contributed by atoms with Crippen molar-refractivity contribution in [1.29, 1.82) is 0 Å². The number of ether oxygens (including phenoxy) is 1. The molecule has 0 aromatic heterocycles. The van der Waals surface area contributed by atoms with Crippen LogP contribution in [0.15, 0.2) is 18.2 Å². The summed E-state index contributed by atoms with van der Waals surface area (Å²) in [6.45, 7) is 3.30. The molecule has 124 valence electrons. The number of halogens is 1. The third-order valence-electron chi connectivity index (χ3n) is 4.41. The van der Waals surface area contributed by atoms with Crippen molar-refractivity contribution in [3.8, 4) is 0 Å². The standard InChI is InChI=1S/C16H20FN3O3/c1-11(21)18(2)15-10-20(16(22)23-15)12-5-6-14(13(17)9-12)19-7-3-4-8-19/h5-6,9,15H,3-4,7-8,10H2,1-2H3/t15-/m0/s1. The normalized spacial score (nSPS) is 20.8. The summed E-state index contributed by atoms with van der Waals surface area (Å²) < 4.78 is 19.6. The van der Waals surface area contributed by atoms with E-state index in [9.17, 15) is 14.0 Å². The van der Waals surface area contributed by atoms with Gasteiger partial charge in [0.1, 0.15) is 5.82 Å². The number of nitrogens with zero attached hydrogens (tertiary/aromatic N) is 3. The maximum Gasteiger partial charge on any atom is 0.416 e. The summed E-state index contributed by atoms with van der Waals surface area (Å²) in [4.78, 5) is 28.1. The number of rotatable bonds is 3. The molecule has 2 amide bonds. The Hall–Kier alpha value is -2.31. The number of benzene rings is 1. The fourth-order valence-corrected chi connectivity index (χ4v) is 2.94. The molecule has 2 heterocycles. The summed E-state index contributed by atoms with van der Waals surface area (Å²) in [5.74, 6) is -0.541. The number of cyclic esters (lactones) is 1. The van der Waals surface area contributed by atoms with Crippen molar-refractivity contribution in [3.63, 3.8) is 0 Å². The van der Waals surface area contributed by atoms with Crippen LogP contribution in [-0.4, -0.2) is 49.8 Å². The maximum atomic E-state index is 14.4. The summed E-state index contributed by atoms with van der Waals surface area (Å²) in [6, 6.07) is 4.77. The Morgan fingerprint density at radius 1 is 1.35 bits per heavy atom. The minimum atomic E-state index is -0.652. The molecular weight excluding hydrogens is 301 g/mol. The molecule has 0 radical (unpaired) electrons. The molecule has 0 saturated carbocycles. The van der Waals surface area contributed by atoms with Gasteiger partial charge < -0.3 is 14.5 Å². The molecule has 0 bridgehead atoms. The van der Waals surface area contributed by atoms with Crippen molar-refractivity contribution >= 4 is 23.4 Å². The first-order chi connectivity index (χ1) is 11.0. The van der Waals surface area contributed by atoms with Crippen LogP contribution in [0.5, 0.6) is 0 Å². The molecule has 2 aliphatic heterocycles. The lowest BCUT2D eigenvalue weighted by atomic mass is 10.2. The molecule has 2 fully saturated rings. The SMILES string of the molecule is CC(=O)N(C)[C@@H]1CN(c2ccc(N3CCCC3)c(F)c2)C(=O)O1. The molecule has 23 heavy (non-hydrogen) atoms. The number of hydrogen-bond donors (Lipinski definition) is 0. The van der Waals surface area contributed by atoms with Crippen LogP contribution >= 0.6 is 0 Å². The van der Waals surface area contributed by atoms with Gasteiger partial charge in [-0.25, -0.2) is 9.18 Å². The van der Waals surface area contributed by atoms with Gasteiger partial charge >= 0.3 is 6.09 Å². The van der Waals surface area contributed by atoms with Gasteiger partial charge in [-0.1, -0.05) is 0 Å². The van der Waals surface area contributed by atoms with Gasteiger partial charge in [0, 0.05) is 27.1 Å². The molecule has 2 aliphatic rings. The van der Waals surface area contributed by atoms with Gasteiger partial charge in [-0.05, 0) is 31.0 Å². The second-order valence-electron chi connectivity index (χ2n) is 5.91. The average molecular weight is 321 g/mol. The first-order valence-electron chi connectivity index (χ1n) is 7.73. The molecule has 1 atom stereocenters. The minimum Gasteiger partial charge on any atom is -0.423 e. The van der Waals surface area contributed by atoms with Crippen LogP contribution in [0.1, 0.15) is 19.8 Å². The van der Waals surface area contributed by atoms with E-state index in [1.54, 1.807) is 19.2 Å². The molecule has 2 saturated heterocycles. The third-order valence-corrected chi connectivity index (χ3v) is 4.41. The zero-order chi connectivity index (χ0) is 16.6. The Morgan fingerprint density at radius 2 is 2.04 bits per heavy atom. The highest BCUT2D eigenvalue weighted by molar-refractivity contribution is 5.90. The third kappa shape index (κ3) is 2.95. The molecule has 1 aromatic rings. The Morgan fingerprint density at radius 3 is 2.65 bits per heavy atom.